The third-order valence-electron chi connectivity index (χ3n) is 3.86. The number of aromatic nitrogens is 1. The van der Waals surface area contributed by atoms with Gasteiger partial charge in [0.25, 0.3) is 0 Å². The van der Waals surface area contributed by atoms with Crippen molar-refractivity contribution in [1.82, 2.24) is 4.98 Å². The van der Waals surface area contributed by atoms with Crippen LogP contribution in [0.2, 0.25) is 0 Å². The smallest absolute Gasteiger partial charge is 0.357 e. The molecule has 1 aromatic heterocycles. The van der Waals surface area contributed by atoms with E-state index in [0.717, 1.165) is 23.7 Å². The molecule has 0 aliphatic rings. The van der Waals surface area contributed by atoms with Crippen molar-refractivity contribution in [1.29, 1.82) is 0 Å². The predicted molar refractivity (Wildman–Crippen MR) is 105 cm³/mol. The molecule has 0 aliphatic heterocycles. The van der Waals surface area contributed by atoms with Gasteiger partial charge in [0, 0.05) is 11.6 Å². The zero-order valence-corrected chi connectivity index (χ0v) is 16.2. The number of hydrogen-bond donors (Lipinski definition) is 0. The molecular formula is C20H26N2O2S. The predicted octanol–water partition coefficient (Wildman–Crippen LogP) is 5.50. The number of ether oxygens (including phenoxy) is 1. The van der Waals surface area contributed by atoms with Crippen LogP contribution in [-0.4, -0.2) is 17.6 Å². The minimum atomic E-state index is -0.390. The van der Waals surface area contributed by atoms with Gasteiger partial charge in [-0.1, -0.05) is 32.6 Å². The molecule has 0 fully saturated rings. The third-order valence-corrected chi connectivity index (χ3v) is 4.70. The summed E-state index contributed by atoms with van der Waals surface area (Å²) in [4.78, 5) is 18.3. The van der Waals surface area contributed by atoms with Gasteiger partial charge in [0.15, 0.2) is 10.8 Å². The molecule has 25 heavy (non-hydrogen) atoms. The van der Waals surface area contributed by atoms with E-state index in [-0.39, 0.29) is 0 Å². The summed E-state index contributed by atoms with van der Waals surface area (Å²) < 4.78 is 5.03. The number of thiazole rings is 1. The van der Waals surface area contributed by atoms with E-state index in [1.165, 1.54) is 22.5 Å². The first-order chi connectivity index (χ1) is 12.0. The molecule has 0 N–H and O–H groups in total. The first-order valence-electron chi connectivity index (χ1n) is 8.60. The molecule has 0 saturated heterocycles. The number of carbonyl (C=O) groups is 1. The Balaban J connectivity index is 2.35. The molecule has 0 unspecified atom stereocenters. The largest absolute Gasteiger partial charge is 0.461 e. The number of aryl methyl sites for hydroxylation is 2. The summed E-state index contributed by atoms with van der Waals surface area (Å²) in [6.45, 7) is 12.6. The van der Waals surface area contributed by atoms with E-state index in [0.29, 0.717) is 18.2 Å². The highest BCUT2D eigenvalue weighted by molar-refractivity contribution is 7.14. The average molecular weight is 359 g/mol. The lowest BCUT2D eigenvalue weighted by molar-refractivity contribution is 0.0520. The van der Waals surface area contributed by atoms with Crippen LogP contribution in [0.1, 0.15) is 48.8 Å². The lowest BCUT2D eigenvalue weighted by Crippen LogP contribution is -2.12. The lowest BCUT2D eigenvalue weighted by atomic mass is 9.99. The number of esters is 1. The summed E-state index contributed by atoms with van der Waals surface area (Å²) in [5.41, 5.74) is 3.84. The van der Waals surface area contributed by atoms with Gasteiger partial charge in [-0.3, -0.25) is 4.90 Å². The highest BCUT2D eigenvalue weighted by Gasteiger charge is 2.18. The minimum Gasteiger partial charge on any atom is -0.461 e. The molecule has 134 valence electrons. The first kappa shape index (κ1) is 19.2. The zero-order chi connectivity index (χ0) is 18.4. The van der Waals surface area contributed by atoms with E-state index in [9.17, 15) is 4.79 Å². The van der Waals surface area contributed by atoms with E-state index >= 15 is 0 Å². The molecule has 2 aromatic rings. The van der Waals surface area contributed by atoms with Crippen LogP contribution in [0.25, 0.3) is 0 Å². The second kappa shape index (κ2) is 8.81. The van der Waals surface area contributed by atoms with Crippen LogP contribution in [0, 0.1) is 12.8 Å². The molecule has 5 heteroatoms. The van der Waals surface area contributed by atoms with E-state index in [2.05, 4.69) is 50.5 Å². The maximum absolute atomic E-state index is 11.9. The molecule has 0 spiro atoms. The molecular weight excluding hydrogens is 332 g/mol. The van der Waals surface area contributed by atoms with Crippen molar-refractivity contribution < 1.29 is 9.53 Å². The maximum Gasteiger partial charge on any atom is 0.357 e. The van der Waals surface area contributed by atoms with Crippen LogP contribution in [0.3, 0.4) is 0 Å². The molecule has 0 saturated carbocycles. The fourth-order valence-electron chi connectivity index (χ4n) is 2.51. The van der Waals surface area contributed by atoms with Gasteiger partial charge in [0.05, 0.1) is 12.3 Å². The van der Waals surface area contributed by atoms with Crippen molar-refractivity contribution in [3.8, 4) is 0 Å². The van der Waals surface area contributed by atoms with Gasteiger partial charge in [-0.15, -0.1) is 11.3 Å². The van der Waals surface area contributed by atoms with Gasteiger partial charge >= 0.3 is 5.97 Å². The molecule has 0 radical (unpaired) electrons. The Kier molecular flexibility index (Phi) is 6.76. The zero-order valence-electron chi connectivity index (χ0n) is 15.4. The van der Waals surface area contributed by atoms with Crippen LogP contribution in [0.5, 0.6) is 0 Å². The van der Waals surface area contributed by atoms with Crippen molar-refractivity contribution in [3.63, 3.8) is 0 Å². The summed E-state index contributed by atoms with van der Waals surface area (Å²) in [6.07, 6.45) is 3.86. The molecule has 0 aliphatic carbocycles. The standard InChI is InChI=1S/C20H26N2O2S/c1-6-22(20-21-17(13-25-20)19(23)24-7-2)18-12-15(5)9-11-16(18)10-8-14(3)4/h6,9,11-14H,1,7-8,10H2,2-5H3. The van der Waals surface area contributed by atoms with E-state index in [1.807, 2.05) is 4.90 Å². The highest BCUT2D eigenvalue weighted by Crippen LogP contribution is 2.33. The van der Waals surface area contributed by atoms with Crippen molar-refractivity contribution in [2.75, 3.05) is 11.5 Å². The van der Waals surface area contributed by atoms with Gasteiger partial charge in [-0.2, -0.15) is 0 Å². The van der Waals surface area contributed by atoms with Crippen molar-refractivity contribution in [2.24, 2.45) is 5.92 Å². The van der Waals surface area contributed by atoms with E-state index in [4.69, 9.17) is 4.74 Å². The van der Waals surface area contributed by atoms with Crippen molar-refractivity contribution in [3.05, 3.63) is 53.2 Å². The number of nitrogens with zero attached hydrogens (tertiary/aromatic N) is 2. The van der Waals surface area contributed by atoms with Crippen molar-refractivity contribution in [2.45, 2.75) is 40.5 Å². The number of hydrogen-bond acceptors (Lipinski definition) is 5. The second-order valence-corrected chi connectivity index (χ2v) is 7.19. The number of benzene rings is 1. The Labute approximate surface area is 154 Å². The maximum atomic E-state index is 11.9. The van der Waals surface area contributed by atoms with Gasteiger partial charge in [0.1, 0.15) is 0 Å². The summed E-state index contributed by atoms with van der Waals surface area (Å²) in [5, 5.41) is 2.45. The van der Waals surface area contributed by atoms with Crippen LogP contribution in [0.4, 0.5) is 10.8 Å². The monoisotopic (exact) mass is 358 g/mol. The Hall–Kier alpha value is -2.14. The van der Waals surface area contributed by atoms with E-state index < -0.39 is 5.97 Å². The SMILES string of the molecule is C=CN(c1nc(C(=O)OCC)cs1)c1cc(C)ccc1CCC(C)C. The Morgan fingerprint density at radius 3 is 2.84 bits per heavy atom. The summed E-state index contributed by atoms with van der Waals surface area (Å²) in [5.74, 6) is 0.250. The fraction of sp³-hybridized carbons (Fsp3) is 0.400. The molecule has 1 heterocycles. The van der Waals surface area contributed by atoms with Gasteiger partial charge in [0.2, 0.25) is 0 Å². The highest BCUT2D eigenvalue weighted by atomic mass is 32.1. The molecule has 1 aromatic carbocycles. The first-order valence-corrected chi connectivity index (χ1v) is 9.48. The van der Waals surface area contributed by atoms with Gasteiger partial charge in [-0.05, 0) is 49.8 Å². The third kappa shape index (κ3) is 4.92. The van der Waals surface area contributed by atoms with Gasteiger partial charge < -0.3 is 4.74 Å². The molecule has 0 bridgehead atoms. The molecule has 0 amide bonds. The van der Waals surface area contributed by atoms with Crippen molar-refractivity contribution >= 4 is 28.1 Å². The molecule has 2 rings (SSSR count). The molecule has 0 atom stereocenters. The summed E-state index contributed by atoms with van der Waals surface area (Å²) >= 11 is 1.41. The van der Waals surface area contributed by atoms with Crippen LogP contribution >= 0.6 is 11.3 Å². The number of rotatable bonds is 8. The Bertz CT molecular complexity index is 737. The van der Waals surface area contributed by atoms with Crippen LogP contribution in [-0.2, 0) is 11.2 Å². The Morgan fingerprint density at radius 1 is 1.44 bits per heavy atom. The number of anilines is 2. The average Bonchev–Trinajstić information content (AvgIpc) is 3.05. The normalized spacial score (nSPS) is 10.8. The second-order valence-electron chi connectivity index (χ2n) is 6.35. The van der Waals surface area contributed by atoms with E-state index in [1.54, 1.807) is 18.5 Å². The topological polar surface area (TPSA) is 42.4 Å². The fourth-order valence-corrected chi connectivity index (χ4v) is 3.31. The quantitative estimate of drug-likeness (QED) is 0.585. The summed E-state index contributed by atoms with van der Waals surface area (Å²) in [6, 6.07) is 6.44. The van der Waals surface area contributed by atoms with Gasteiger partial charge in [-0.25, -0.2) is 9.78 Å². The summed E-state index contributed by atoms with van der Waals surface area (Å²) in [7, 11) is 0. The van der Waals surface area contributed by atoms with Crippen LogP contribution in [0.15, 0.2) is 36.4 Å². The number of carbonyl (C=O) groups excluding carboxylic acids is 1. The van der Waals surface area contributed by atoms with Crippen LogP contribution < -0.4 is 4.90 Å². The molecule has 4 nitrogen and oxygen atoms in total. The lowest BCUT2D eigenvalue weighted by Gasteiger charge is -2.21. The minimum absolute atomic E-state index is 0.338. The Morgan fingerprint density at radius 2 is 2.20 bits per heavy atom.